The summed E-state index contributed by atoms with van der Waals surface area (Å²) in [5.41, 5.74) is 0.638. The van der Waals surface area contributed by atoms with E-state index in [1.54, 1.807) is 18.3 Å². The van der Waals surface area contributed by atoms with Gasteiger partial charge in [0.05, 0.1) is 0 Å². The van der Waals surface area contributed by atoms with E-state index in [1.165, 1.54) is 0 Å². The molecule has 19 heavy (non-hydrogen) atoms. The lowest BCUT2D eigenvalue weighted by Gasteiger charge is -2.20. The number of nitrogens with zero attached hydrogens (tertiary/aromatic N) is 2. The molecule has 0 aromatic carbocycles. The third kappa shape index (κ3) is 5.26. The molecule has 5 nitrogen and oxygen atoms in total. The molecule has 5 heteroatoms. The average molecular weight is 264 g/mol. The van der Waals surface area contributed by atoms with Gasteiger partial charge in [-0.05, 0) is 39.6 Å². The standard InChI is InChI=1S/C14H24N4O/c1-5-7-15-13-9-12(6-8-16-13)14(19)17-10-11(2)18(3)4/h6,8-9,11H,5,7,10H2,1-4H3,(H,15,16)(H,17,19). The molecule has 1 heterocycles. The fourth-order valence-electron chi connectivity index (χ4n) is 1.45. The fraction of sp³-hybridized carbons (Fsp3) is 0.571. The van der Waals surface area contributed by atoms with E-state index in [0.717, 1.165) is 18.8 Å². The molecule has 0 fully saturated rings. The molecule has 2 N–H and O–H groups in total. The molecular weight excluding hydrogens is 240 g/mol. The summed E-state index contributed by atoms with van der Waals surface area (Å²) in [7, 11) is 3.99. The highest BCUT2D eigenvalue weighted by Crippen LogP contribution is 2.06. The van der Waals surface area contributed by atoms with Gasteiger partial charge in [-0.3, -0.25) is 4.79 Å². The first-order valence-corrected chi connectivity index (χ1v) is 6.69. The smallest absolute Gasteiger partial charge is 0.251 e. The summed E-state index contributed by atoms with van der Waals surface area (Å²) in [6.07, 6.45) is 2.68. The van der Waals surface area contributed by atoms with E-state index in [1.807, 2.05) is 14.1 Å². The van der Waals surface area contributed by atoms with Crippen LogP contribution < -0.4 is 10.6 Å². The maximum atomic E-state index is 12.0. The maximum absolute atomic E-state index is 12.0. The van der Waals surface area contributed by atoms with Gasteiger partial charge in [0.15, 0.2) is 0 Å². The van der Waals surface area contributed by atoms with E-state index in [2.05, 4.69) is 34.4 Å². The van der Waals surface area contributed by atoms with Gasteiger partial charge in [-0.2, -0.15) is 0 Å². The Morgan fingerprint density at radius 3 is 2.84 bits per heavy atom. The van der Waals surface area contributed by atoms with Crippen molar-refractivity contribution in [2.24, 2.45) is 0 Å². The molecule has 1 unspecified atom stereocenters. The SMILES string of the molecule is CCCNc1cc(C(=O)NCC(C)N(C)C)ccn1. The number of carbonyl (C=O) groups is 1. The van der Waals surface area contributed by atoms with Crippen LogP contribution >= 0.6 is 0 Å². The lowest BCUT2D eigenvalue weighted by molar-refractivity contribution is 0.0943. The summed E-state index contributed by atoms with van der Waals surface area (Å²) in [6.45, 7) is 5.65. The van der Waals surface area contributed by atoms with Crippen LogP contribution in [0.4, 0.5) is 5.82 Å². The second-order valence-corrected chi connectivity index (χ2v) is 4.88. The Balaban J connectivity index is 2.56. The van der Waals surface area contributed by atoms with E-state index in [4.69, 9.17) is 0 Å². The van der Waals surface area contributed by atoms with Crippen molar-refractivity contribution in [1.82, 2.24) is 15.2 Å². The first kappa shape index (κ1) is 15.4. The van der Waals surface area contributed by atoms with Crippen LogP contribution in [0.5, 0.6) is 0 Å². The highest BCUT2D eigenvalue weighted by Gasteiger charge is 2.09. The predicted octanol–water partition coefficient (Wildman–Crippen LogP) is 1.58. The summed E-state index contributed by atoms with van der Waals surface area (Å²) in [4.78, 5) is 18.3. The first-order valence-electron chi connectivity index (χ1n) is 6.69. The van der Waals surface area contributed by atoms with Crippen LogP contribution in [0.1, 0.15) is 30.6 Å². The van der Waals surface area contributed by atoms with Gasteiger partial charge in [0, 0.05) is 30.9 Å². The lowest BCUT2D eigenvalue weighted by atomic mass is 10.2. The van der Waals surface area contributed by atoms with Gasteiger partial charge in [-0.25, -0.2) is 4.98 Å². The van der Waals surface area contributed by atoms with E-state index < -0.39 is 0 Å². The molecule has 1 atom stereocenters. The van der Waals surface area contributed by atoms with Crippen molar-refractivity contribution in [1.29, 1.82) is 0 Å². The number of pyridine rings is 1. The Kier molecular flexibility index (Phi) is 6.29. The zero-order valence-corrected chi connectivity index (χ0v) is 12.2. The van der Waals surface area contributed by atoms with Crippen LogP contribution in [-0.2, 0) is 0 Å². The van der Waals surface area contributed by atoms with Crippen molar-refractivity contribution in [2.75, 3.05) is 32.5 Å². The van der Waals surface area contributed by atoms with Crippen LogP contribution in [0.3, 0.4) is 0 Å². The van der Waals surface area contributed by atoms with E-state index in [9.17, 15) is 4.79 Å². The number of nitrogens with one attached hydrogen (secondary N) is 2. The monoisotopic (exact) mass is 264 g/mol. The molecule has 0 spiro atoms. The summed E-state index contributed by atoms with van der Waals surface area (Å²) in [5.74, 6) is 0.686. The maximum Gasteiger partial charge on any atom is 0.251 e. The normalized spacial score (nSPS) is 12.3. The molecule has 0 aliphatic carbocycles. The number of rotatable bonds is 7. The number of hydrogen-bond acceptors (Lipinski definition) is 4. The molecule has 1 aromatic heterocycles. The van der Waals surface area contributed by atoms with E-state index in [0.29, 0.717) is 18.2 Å². The molecule has 1 amide bonds. The van der Waals surface area contributed by atoms with Crippen molar-refractivity contribution >= 4 is 11.7 Å². The number of likely N-dealkylation sites (N-methyl/N-ethyl adjacent to an activating group) is 1. The molecule has 0 saturated heterocycles. The number of anilines is 1. The van der Waals surface area contributed by atoms with Gasteiger partial charge in [-0.1, -0.05) is 6.92 Å². The Morgan fingerprint density at radius 1 is 1.47 bits per heavy atom. The second kappa shape index (κ2) is 7.74. The second-order valence-electron chi connectivity index (χ2n) is 4.88. The third-order valence-corrected chi connectivity index (χ3v) is 3.02. The lowest BCUT2D eigenvalue weighted by Crippen LogP contribution is -2.38. The minimum Gasteiger partial charge on any atom is -0.370 e. The molecule has 0 aliphatic heterocycles. The van der Waals surface area contributed by atoms with E-state index >= 15 is 0 Å². The number of aromatic nitrogens is 1. The third-order valence-electron chi connectivity index (χ3n) is 3.02. The van der Waals surface area contributed by atoms with Gasteiger partial charge >= 0.3 is 0 Å². The van der Waals surface area contributed by atoms with Gasteiger partial charge in [0.2, 0.25) is 0 Å². The number of hydrogen-bond donors (Lipinski definition) is 2. The van der Waals surface area contributed by atoms with Crippen LogP contribution in [0.2, 0.25) is 0 Å². The zero-order valence-electron chi connectivity index (χ0n) is 12.2. The highest BCUT2D eigenvalue weighted by molar-refractivity contribution is 5.94. The summed E-state index contributed by atoms with van der Waals surface area (Å²) < 4.78 is 0. The van der Waals surface area contributed by atoms with Gasteiger partial charge in [0.1, 0.15) is 5.82 Å². The van der Waals surface area contributed by atoms with Crippen LogP contribution in [0.25, 0.3) is 0 Å². The Labute approximate surface area is 115 Å². The summed E-state index contributed by atoms with van der Waals surface area (Å²) >= 11 is 0. The molecule has 0 saturated carbocycles. The number of amides is 1. The summed E-state index contributed by atoms with van der Waals surface area (Å²) in [5, 5.41) is 6.10. The van der Waals surface area contributed by atoms with Crippen LogP contribution in [0, 0.1) is 0 Å². The average Bonchev–Trinajstić information content (AvgIpc) is 2.42. The highest BCUT2D eigenvalue weighted by atomic mass is 16.1. The van der Waals surface area contributed by atoms with Gasteiger partial charge in [-0.15, -0.1) is 0 Å². The van der Waals surface area contributed by atoms with Gasteiger partial charge < -0.3 is 15.5 Å². The molecule has 1 rings (SSSR count). The largest absolute Gasteiger partial charge is 0.370 e. The zero-order chi connectivity index (χ0) is 14.3. The Hall–Kier alpha value is -1.62. The van der Waals surface area contributed by atoms with Crippen molar-refractivity contribution in [3.05, 3.63) is 23.9 Å². The topological polar surface area (TPSA) is 57.3 Å². The predicted molar refractivity (Wildman–Crippen MR) is 78.5 cm³/mol. The first-order chi connectivity index (χ1) is 9.04. The summed E-state index contributed by atoms with van der Waals surface area (Å²) in [6, 6.07) is 3.82. The minimum absolute atomic E-state index is 0.0596. The quantitative estimate of drug-likeness (QED) is 0.785. The Bertz CT molecular complexity index is 406. The van der Waals surface area contributed by atoms with Crippen LogP contribution in [0.15, 0.2) is 18.3 Å². The van der Waals surface area contributed by atoms with Crippen molar-refractivity contribution in [3.8, 4) is 0 Å². The van der Waals surface area contributed by atoms with Crippen LogP contribution in [-0.4, -0.2) is 49.0 Å². The van der Waals surface area contributed by atoms with Gasteiger partial charge in [0.25, 0.3) is 5.91 Å². The molecule has 106 valence electrons. The number of carbonyl (C=O) groups excluding carboxylic acids is 1. The van der Waals surface area contributed by atoms with Crippen molar-refractivity contribution < 1.29 is 4.79 Å². The fourth-order valence-corrected chi connectivity index (χ4v) is 1.45. The molecular formula is C14H24N4O. The molecule has 1 aromatic rings. The molecule has 0 aliphatic rings. The molecule has 0 radical (unpaired) electrons. The van der Waals surface area contributed by atoms with Crippen molar-refractivity contribution in [3.63, 3.8) is 0 Å². The van der Waals surface area contributed by atoms with Crippen molar-refractivity contribution in [2.45, 2.75) is 26.3 Å². The molecule has 0 bridgehead atoms. The Morgan fingerprint density at radius 2 is 2.21 bits per heavy atom. The van der Waals surface area contributed by atoms with E-state index in [-0.39, 0.29) is 5.91 Å². The minimum atomic E-state index is -0.0596.